The molecule has 0 aliphatic rings. The molecule has 0 spiro atoms. The molecule has 0 fully saturated rings. The van der Waals surface area contributed by atoms with Gasteiger partial charge in [0.2, 0.25) is 0 Å². The second-order valence-electron chi connectivity index (χ2n) is 3.50. The summed E-state index contributed by atoms with van der Waals surface area (Å²) >= 11 is 0. The number of aliphatic hydroxyl groups is 2. The Labute approximate surface area is 96.5 Å². The molecule has 96 valence electrons. The molecule has 0 saturated carbocycles. The molecular weight excluding hydrogens is 237 g/mol. The number of hydrogen-bond acceptors (Lipinski definition) is 3. The average molecular weight is 250 g/mol. The maximum Gasteiger partial charge on any atom is 0.416 e. The van der Waals surface area contributed by atoms with E-state index in [0.717, 1.165) is 12.1 Å². The van der Waals surface area contributed by atoms with Gasteiger partial charge in [0.15, 0.2) is 0 Å². The molecular formula is C11H13F3O3. The zero-order chi connectivity index (χ0) is 12.9. The van der Waals surface area contributed by atoms with Crippen LogP contribution in [0.3, 0.4) is 0 Å². The Balaban J connectivity index is 2.51. The topological polar surface area (TPSA) is 49.7 Å². The first-order valence-corrected chi connectivity index (χ1v) is 5.02. The van der Waals surface area contributed by atoms with E-state index in [0.29, 0.717) is 0 Å². The van der Waals surface area contributed by atoms with Gasteiger partial charge in [0, 0.05) is 6.61 Å². The summed E-state index contributed by atoms with van der Waals surface area (Å²) in [6.45, 7) is -0.233. The molecule has 0 amide bonds. The first-order chi connectivity index (χ1) is 7.93. The molecule has 2 N–H and O–H groups in total. The fourth-order valence-corrected chi connectivity index (χ4v) is 1.16. The number of ether oxygens (including phenoxy) is 1. The lowest BCUT2D eigenvalue weighted by Crippen LogP contribution is -2.18. The Kier molecular flexibility index (Phi) is 4.77. The van der Waals surface area contributed by atoms with E-state index in [9.17, 15) is 18.3 Å². The average Bonchev–Trinajstić information content (AvgIpc) is 2.26. The molecule has 0 aliphatic carbocycles. The van der Waals surface area contributed by atoms with E-state index in [1.54, 1.807) is 0 Å². The van der Waals surface area contributed by atoms with Crippen LogP contribution in [0, 0.1) is 0 Å². The Morgan fingerprint density at radius 2 is 1.76 bits per heavy atom. The third kappa shape index (κ3) is 4.62. The van der Waals surface area contributed by atoms with Crippen LogP contribution in [0.2, 0.25) is 0 Å². The lowest BCUT2D eigenvalue weighted by atomic mass is 10.2. The Morgan fingerprint density at radius 3 is 2.24 bits per heavy atom. The largest absolute Gasteiger partial charge is 0.491 e. The molecule has 0 bridgehead atoms. The number of hydrogen-bond donors (Lipinski definition) is 2. The van der Waals surface area contributed by atoms with Gasteiger partial charge in [-0.05, 0) is 30.7 Å². The van der Waals surface area contributed by atoms with Crippen molar-refractivity contribution in [2.24, 2.45) is 0 Å². The molecule has 0 aliphatic heterocycles. The molecule has 1 aromatic carbocycles. The van der Waals surface area contributed by atoms with Gasteiger partial charge in [-0.2, -0.15) is 13.2 Å². The van der Waals surface area contributed by atoms with Gasteiger partial charge in [0.1, 0.15) is 12.4 Å². The molecule has 1 aromatic rings. The third-order valence-corrected chi connectivity index (χ3v) is 2.09. The number of rotatable bonds is 5. The summed E-state index contributed by atoms with van der Waals surface area (Å²) < 4.78 is 41.7. The molecule has 6 heteroatoms. The maximum absolute atomic E-state index is 12.2. The van der Waals surface area contributed by atoms with E-state index in [2.05, 4.69) is 0 Å². The predicted molar refractivity (Wildman–Crippen MR) is 54.6 cm³/mol. The zero-order valence-electron chi connectivity index (χ0n) is 8.94. The number of benzene rings is 1. The second kappa shape index (κ2) is 5.88. The fourth-order valence-electron chi connectivity index (χ4n) is 1.16. The summed E-state index contributed by atoms with van der Waals surface area (Å²) in [5.74, 6) is 0.245. The predicted octanol–water partition coefficient (Wildman–Crippen LogP) is 1.83. The molecule has 17 heavy (non-hydrogen) atoms. The van der Waals surface area contributed by atoms with Crippen molar-refractivity contribution in [3.05, 3.63) is 29.8 Å². The van der Waals surface area contributed by atoms with Gasteiger partial charge in [-0.15, -0.1) is 0 Å². The Bertz CT molecular complexity index is 335. The van der Waals surface area contributed by atoms with E-state index < -0.39 is 17.8 Å². The number of aliphatic hydroxyl groups excluding tert-OH is 2. The van der Waals surface area contributed by atoms with Crippen LogP contribution >= 0.6 is 0 Å². The normalized spacial score (nSPS) is 13.5. The van der Waals surface area contributed by atoms with E-state index in [1.165, 1.54) is 12.1 Å². The molecule has 0 saturated heterocycles. The Hall–Kier alpha value is -1.27. The standard InChI is InChI=1S/C11H13F3O3/c12-11(13,14)8-1-3-10(4-2-8)17-7-9(16)5-6-15/h1-4,9,15-16H,5-7H2. The monoisotopic (exact) mass is 250 g/mol. The van der Waals surface area contributed by atoms with Crippen LogP contribution in [-0.4, -0.2) is 29.5 Å². The molecule has 0 radical (unpaired) electrons. The van der Waals surface area contributed by atoms with Crippen LogP contribution in [0.25, 0.3) is 0 Å². The van der Waals surface area contributed by atoms with E-state index in [1.807, 2.05) is 0 Å². The second-order valence-corrected chi connectivity index (χ2v) is 3.50. The summed E-state index contributed by atoms with van der Waals surface area (Å²) in [5.41, 5.74) is -0.749. The summed E-state index contributed by atoms with van der Waals surface area (Å²) in [6, 6.07) is 4.20. The lowest BCUT2D eigenvalue weighted by Gasteiger charge is -2.12. The molecule has 3 nitrogen and oxygen atoms in total. The van der Waals surface area contributed by atoms with Crippen molar-refractivity contribution in [2.75, 3.05) is 13.2 Å². The van der Waals surface area contributed by atoms with Crippen molar-refractivity contribution in [1.29, 1.82) is 0 Å². The quantitative estimate of drug-likeness (QED) is 0.838. The van der Waals surface area contributed by atoms with Crippen LogP contribution in [0.15, 0.2) is 24.3 Å². The summed E-state index contributed by atoms with van der Waals surface area (Å²) in [7, 11) is 0. The highest BCUT2D eigenvalue weighted by molar-refractivity contribution is 5.28. The molecule has 1 atom stereocenters. The van der Waals surface area contributed by atoms with Gasteiger partial charge in [-0.1, -0.05) is 0 Å². The van der Waals surface area contributed by atoms with Crippen molar-refractivity contribution < 1.29 is 28.1 Å². The van der Waals surface area contributed by atoms with E-state index in [4.69, 9.17) is 9.84 Å². The molecule has 0 heterocycles. The third-order valence-electron chi connectivity index (χ3n) is 2.09. The smallest absolute Gasteiger partial charge is 0.416 e. The van der Waals surface area contributed by atoms with Crippen LogP contribution in [-0.2, 0) is 6.18 Å². The van der Waals surface area contributed by atoms with Gasteiger partial charge in [0.25, 0.3) is 0 Å². The maximum atomic E-state index is 12.2. The van der Waals surface area contributed by atoms with Gasteiger partial charge < -0.3 is 14.9 Å². The van der Waals surface area contributed by atoms with Crippen molar-refractivity contribution in [3.63, 3.8) is 0 Å². The van der Waals surface area contributed by atoms with Crippen molar-refractivity contribution in [1.82, 2.24) is 0 Å². The molecule has 1 unspecified atom stereocenters. The minimum absolute atomic E-state index is 0.0636. The summed E-state index contributed by atoms with van der Waals surface area (Å²) in [5, 5.41) is 17.7. The highest BCUT2D eigenvalue weighted by Gasteiger charge is 2.29. The fraction of sp³-hybridized carbons (Fsp3) is 0.455. The van der Waals surface area contributed by atoms with Crippen LogP contribution < -0.4 is 4.74 Å². The van der Waals surface area contributed by atoms with Crippen molar-refractivity contribution in [3.8, 4) is 5.75 Å². The minimum atomic E-state index is -4.37. The highest BCUT2D eigenvalue weighted by atomic mass is 19.4. The van der Waals surface area contributed by atoms with E-state index in [-0.39, 0.29) is 25.4 Å². The lowest BCUT2D eigenvalue weighted by molar-refractivity contribution is -0.137. The minimum Gasteiger partial charge on any atom is -0.491 e. The summed E-state index contributed by atoms with van der Waals surface area (Å²) in [6.07, 6.45) is -5.03. The van der Waals surface area contributed by atoms with Crippen molar-refractivity contribution in [2.45, 2.75) is 18.7 Å². The van der Waals surface area contributed by atoms with Gasteiger partial charge >= 0.3 is 6.18 Å². The first-order valence-electron chi connectivity index (χ1n) is 5.02. The Morgan fingerprint density at radius 1 is 1.18 bits per heavy atom. The number of alkyl halides is 3. The number of halogens is 3. The van der Waals surface area contributed by atoms with Gasteiger partial charge in [0.05, 0.1) is 11.7 Å². The van der Waals surface area contributed by atoms with Crippen LogP contribution in [0.4, 0.5) is 13.2 Å². The van der Waals surface area contributed by atoms with Crippen LogP contribution in [0.5, 0.6) is 5.75 Å². The van der Waals surface area contributed by atoms with E-state index >= 15 is 0 Å². The highest BCUT2D eigenvalue weighted by Crippen LogP contribution is 2.30. The first kappa shape index (κ1) is 13.8. The zero-order valence-corrected chi connectivity index (χ0v) is 8.94. The van der Waals surface area contributed by atoms with Gasteiger partial charge in [-0.3, -0.25) is 0 Å². The van der Waals surface area contributed by atoms with Crippen LogP contribution in [0.1, 0.15) is 12.0 Å². The van der Waals surface area contributed by atoms with Gasteiger partial charge in [-0.25, -0.2) is 0 Å². The SMILES string of the molecule is OCCC(O)COc1ccc(C(F)(F)F)cc1. The molecule has 1 rings (SSSR count). The summed E-state index contributed by atoms with van der Waals surface area (Å²) in [4.78, 5) is 0. The van der Waals surface area contributed by atoms with Crippen molar-refractivity contribution >= 4 is 0 Å². The molecule has 0 aromatic heterocycles.